The van der Waals surface area contributed by atoms with Crippen LogP contribution in [0.4, 0.5) is 8.78 Å². The second-order valence-electron chi connectivity index (χ2n) is 5.20. The number of benzene rings is 2. The maximum atomic E-state index is 13.6. The van der Waals surface area contributed by atoms with E-state index in [1.54, 1.807) is 0 Å². The summed E-state index contributed by atoms with van der Waals surface area (Å²) in [5, 5.41) is 5.40. The third kappa shape index (κ3) is 4.02. The van der Waals surface area contributed by atoms with Crippen molar-refractivity contribution in [1.82, 2.24) is 10.3 Å². The number of hydrogen-bond donors (Lipinski definition) is 1. The van der Waals surface area contributed by atoms with Crippen molar-refractivity contribution < 1.29 is 13.6 Å². The molecule has 3 nitrogen and oxygen atoms in total. The highest BCUT2D eigenvalue weighted by molar-refractivity contribution is 7.09. The van der Waals surface area contributed by atoms with Crippen LogP contribution in [0.2, 0.25) is 0 Å². The largest absolute Gasteiger partial charge is 0.346 e. The van der Waals surface area contributed by atoms with Crippen molar-refractivity contribution in [3.63, 3.8) is 0 Å². The first-order valence-corrected chi connectivity index (χ1v) is 8.20. The second kappa shape index (κ2) is 7.31. The molecule has 0 aliphatic carbocycles. The Kier molecular flexibility index (Phi) is 4.96. The predicted molar refractivity (Wildman–Crippen MR) is 88.9 cm³/mol. The Balaban J connectivity index is 1.60. The van der Waals surface area contributed by atoms with E-state index in [1.165, 1.54) is 11.3 Å². The maximum Gasteiger partial charge on any atom is 0.254 e. The molecule has 0 spiro atoms. The van der Waals surface area contributed by atoms with Gasteiger partial charge in [-0.1, -0.05) is 30.3 Å². The number of hydrogen-bond acceptors (Lipinski definition) is 3. The lowest BCUT2D eigenvalue weighted by Crippen LogP contribution is -2.24. The number of carbonyl (C=O) groups excluding carboxylic acids is 1. The molecule has 3 aromatic rings. The lowest BCUT2D eigenvalue weighted by Gasteiger charge is -2.04. The van der Waals surface area contributed by atoms with Crippen molar-refractivity contribution in [3.05, 3.63) is 87.4 Å². The molecule has 1 N–H and O–H groups in total. The molecule has 0 unspecified atom stereocenters. The fourth-order valence-electron chi connectivity index (χ4n) is 2.22. The van der Waals surface area contributed by atoms with Gasteiger partial charge >= 0.3 is 0 Å². The van der Waals surface area contributed by atoms with Crippen molar-refractivity contribution in [2.45, 2.75) is 13.0 Å². The van der Waals surface area contributed by atoms with Gasteiger partial charge in [-0.25, -0.2) is 13.8 Å². The Morgan fingerprint density at radius 2 is 1.92 bits per heavy atom. The summed E-state index contributed by atoms with van der Waals surface area (Å²) in [6.07, 6.45) is 0.728. The Labute approximate surface area is 142 Å². The molecule has 0 aliphatic heterocycles. The van der Waals surface area contributed by atoms with E-state index in [1.807, 2.05) is 35.7 Å². The van der Waals surface area contributed by atoms with E-state index in [0.29, 0.717) is 11.8 Å². The van der Waals surface area contributed by atoms with Crippen LogP contribution in [0.1, 0.15) is 26.6 Å². The van der Waals surface area contributed by atoms with Crippen LogP contribution in [0.3, 0.4) is 0 Å². The summed E-state index contributed by atoms with van der Waals surface area (Å²) in [5.74, 6) is -2.19. The van der Waals surface area contributed by atoms with Gasteiger partial charge in [0.05, 0.1) is 22.8 Å². The van der Waals surface area contributed by atoms with Crippen LogP contribution in [0.15, 0.2) is 53.9 Å². The molecule has 3 rings (SSSR count). The molecule has 2 aromatic carbocycles. The molecule has 1 amide bonds. The van der Waals surface area contributed by atoms with Crippen LogP contribution >= 0.6 is 11.3 Å². The first-order valence-electron chi connectivity index (χ1n) is 7.32. The highest BCUT2D eigenvalue weighted by atomic mass is 32.1. The van der Waals surface area contributed by atoms with Crippen LogP contribution in [0.25, 0.3) is 0 Å². The number of thiazole rings is 1. The standard InChI is InChI=1S/C18H14F2N2OS/c19-13-6-7-15(16(20)9-13)18(23)21-10-14-11-24-17(22-14)8-12-4-2-1-3-5-12/h1-7,9,11H,8,10H2,(H,21,23). The number of nitrogens with zero attached hydrogens (tertiary/aromatic N) is 1. The van der Waals surface area contributed by atoms with Gasteiger partial charge in [0.2, 0.25) is 0 Å². The molecule has 0 aliphatic rings. The Morgan fingerprint density at radius 3 is 2.67 bits per heavy atom. The lowest BCUT2D eigenvalue weighted by molar-refractivity contribution is 0.0946. The zero-order chi connectivity index (χ0) is 16.9. The van der Waals surface area contributed by atoms with Crippen LogP contribution in [0, 0.1) is 11.6 Å². The first-order chi connectivity index (χ1) is 11.6. The number of nitrogens with one attached hydrogen (secondary N) is 1. The van der Waals surface area contributed by atoms with Gasteiger partial charge < -0.3 is 5.32 Å². The van der Waals surface area contributed by atoms with Crippen molar-refractivity contribution in [3.8, 4) is 0 Å². The molecule has 24 heavy (non-hydrogen) atoms. The van der Waals surface area contributed by atoms with Gasteiger partial charge in [-0.05, 0) is 17.7 Å². The molecular weight excluding hydrogens is 330 g/mol. The Bertz CT molecular complexity index is 849. The molecule has 0 radical (unpaired) electrons. The fraction of sp³-hybridized carbons (Fsp3) is 0.111. The molecule has 0 bridgehead atoms. The van der Waals surface area contributed by atoms with Crippen LogP contribution < -0.4 is 5.32 Å². The minimum Gasteiger partial charge on any atom is -0.346 e. The summed E-state index contributed by atoms with van der Waals surface area (Å²) >= 11 is 1.51. The van der Waals surface area contributed by atoms with Crippen molar-refractivity contribution in [1.29, 1.82) is 0 Å². The monoisotopic (exact) mass is 344 g/mol. The normalized spacial score (nSPS) is 10.6. The van der Waals surface area contributed by atoms with Crippen molar-refractivity contribution in [2.75, 3.05) is 0 Å². The van der Waals surface area contributed by atoms with E-state index >= 15 is 0 Å². The summed E-state index contributed by atoms with van der Waals surface area (Å²) in [6, 6.07) is 12.8. The summed E-state index contributed by atoms with van der Waals surface area (Å²) in [7, 11) is 0. The van der Waals surface area contributed by atoms with Gasteiger partial charge in [0.15, 0.2) is 0 Å². The SMILES string of the molecule is O=C(NCc1csc(Cc2ccccc2)n1)c1ccc(F)cc1F. The van der Waals surface area contributed by atoms with Crippen LogP contribution in [-0.4, -0.2) is 10.9 Å². The topological polar surface area (TPSA) is 42.0 Å². The van der Waals surface area contributed by atoms with E-state index in [4.69, 9.17) is 0 Å². The van der Waals surface area contributed by atoms with E-state index in [-0.39, 0.29) is 12.1 Å². The van der Waals surface area contributed by atoms with Gasteiger partial charge in [0.1, 0.15) is 11.6 Å². The average Bonchev–Trinajstić information content (AvgIpc) is 3.01. The van der Waals surface area contributed by atoms with Gasteiger partial charge in [-0.3, -0.25) is 4.79 Å². The summed E-state index contributed by atoms with van der Waals surface area (Å²) in [4.78, 5) is 16.4. The molecule has 6 heteroatoms. The Hall–Kier alpha value is -2.60. The summed E-state index contributed by atoms with van der Waals surface area (Å²) < 4.78 is 26.4. The zero-order valence-electron chi connectivity index (χ0n) is 12.6. The third-order valence-electron chi connectivity index (χ3n) is 3.40. The first kappa shape index (κ1) is 16.3. The smallest absolute Gasteiger partial charge is 0.254 e. The Morgan fingerprint density at radius 1 is 1.12 bits per heavy atom. The minimum atomic E-state index is -0.879. The number of aromatic nitrogens is 1. The summed E-state index contributed by atoms with van der Waals surface area (Å²) in [5.41, 5.74) is 1.69. The lowest BCUT2D eigenvalue weighted by atomic mass is 10.2. The van der Waals surface area contributed by atoms with E-state index in [9.17, 15) is 13.6 Å². The fourth-order valence-corrected chi connectivity index (χ4v) is 3.05. The molecule has 0 fully saturated rings. The molecule has 1 heterocycles. The minimum absolute atomic E-state index is 0.184. The van der Waals surface area contributed by atoms with E-state index in [0.717, 1.165) is 29.1 Å². The number of amides is 1. The molecule has 0 saturated heterocycles. The van der Waals surface area contributed by atoms with Crippen molar-refractivity contribution >= 4 is 17.2 Å². The van der Waals surface area contributed by atoms with Gasteiger partial charge in [0, 0.05) is 17.9 Å². The van der Waals surface area contributed by atoms with Gasteiger partial charge in [0.25, 0.3) is 5.91 Å². The predicted octanol–water partition coefficient (Wildman–Crippen LogP) is 3.94. The van der Waals surface area contributed by atoms with E-state index in [2.05, 4.69) is 10.3 Å². The highest BCUT2D eigenvalue weighted by Gasteiger charge is 2.13. The third-order valence-corrected chi connectivity index (χ3v) is 4.30. The number of halogens is 2. The van der Waals surface area contributed by atoms with Crippen LogP contribution in [-0.2, 0) is 13.0 Å². The maximum absolute atomic E-state index is 13.6. The van der Waals surface area contributed by atoms with Crippen LogP contribution in [0.5, 0.6) is 0 Å². The average molecular weight is 344 g/mol. The van der Waals surface area contributed by atoms with Gasteiger partial charge in [-0.15, -0.1) is 11.3 Å². The molecular formula is C18H14F2N2OS. The molecule has 122 valence electrons. The molecule has 0 saturated carbocycles. The van der Waals surface area contributed by atoms with E-state index < -0.39 is 17.5 Å². The zero-order valence-corrected chi connectivity index (χ0v) is 13.4. The molecule has 0 atom stereocenters. The highest BCUT2D eigenvalue weighted by Crippen LogP contribution is 2.15. The van der Waals surface area contributed by atoms with Crippen molar-refractivity contribution in [2.24, 2.45) is 0 Å². The number of carbonyl (C=O) groups is 1. The molecule has 1 aromatic heterocycles. The quantitative estimate of drug-likeness (QED) is 0.762. The number of rotatable bonds is 5. The second-order valence-corrected chi connectivity index (χ2v) is 6.14. The van der Waals surface area contributed by atoms with Gasteiger partial charge in [-0.2, -0.15) is 0 Å². The summed E-state index contributed by atoms with van der Waals surface area (Å²) in [6.45, 7) is 0.195.